The van der Waals surface area contributed by atoms with Gasteiger partial charge in [-0.05, 0) is 24.3 Å². The highest BCUT2D eigenvalue weighted by atomic mass is 16.5. The van der Waals surface area contributed by atoms with Crippen molar-refractivity contribution in [2.24, 2.45) is 5.73 Å². The van der Waals surface area contributed by atoms with Gasteiger partial charge in [-0.15, -0.1) is 0 Å². The summed E-state index contributed by atoms with van der Waals surface area (Å²) in [6.45, 7) is 0. The number of amides is 3. The Bertz CT molecular complexity index is 500. The molecule has 8 nitrogen and oxygen atoms in total. The van der Waals surface area contributed by atoms with Crippen molar-refractivity contribution in [1.29, 1.82) is 0 Å². The zero-order valence-corrected chi connectivity index (χ0v) is 10.8. The van der Waals surface area contributed by atoms with Crippen molar-refractivity contribution < 1.29 is 24.2 Å². The van der Waals surface area contributed by atoms with Gasteiger partial charge in [0.15, 0.2) is 0 Å². The predicted molar refractivity (Wildman–Crippen MR) is 70.4 cm³/mol. The minimum Gasteiger partial charge on any atom is -0.497 e. The van der Waals surface area contributed by atoms with Crippen LogP contribution in [0, 0.1) is 0 Å². The van der Waals surface area contributed by atoms with E-state index >= 15 is 0 Å². The summed E-state index contributed by atoms with van der Waals surface area (Å²) >= 11 is 0. The molecule has 1 aromatic rings. The Labute approximate surface area is 114 Å². The summed E-state index contributed by atoms with van der Waals surface area (Å²) in [7, 11) is 1.51. The molecule has 1 aromatic carbocycles. The maximum absolute atomic E-state index is 11.6. The van der Waals surface area contributed by atoms with E-state index in [0.29, 0.717) is 11.4 Å². The lowest BCUT2D eigenvalue weighted by atomic mass is 10.2. The van der Waals surface area contributed by atoms with Gasteiger partial charge in [-0.1, -0.05) is 0 Å². The number of benzene rings is 1. The Morgan fingerprint density at radius 3 is 2.35 bits per heavy atom. The van der Waals surface area contributed by atoms with Gasteiger partial charge in [-0.25, -0.2) is 9.59 Å². The van der Waals surface area contributed by atoms with Crippen molar-refractivity contribution in [2.75, 3.05) is 12.4 Å². The maximum Gasteiger partial charge on any atom is 0.326 e. The monoisotopic (exact) mass is 281 g/mol. The fourth-order valence-corrected chi connectivity index (χ4v) is 1.40. The SMILES string of the molecule is COc1ccc(NC(=O)N[C@H](CC(N)=O)C(=O)O)cc1. The Balaban J connectivity index is 2.60. The minimum absolute atomic E-state index is 0.450. The van der Waals surface area contributed by atoms with E-state index in [1.165, 1.54) is 7.11 Å². The molecule has 0 saturated carbocycles. The average Bonchev–Trinajstić information content (AvgIpc) is 2.38. The van der Waals surface area contributed by atoms with Crippen LogP contribution in [0.2, 0.25) is 0 Å². The first-order chi connectivity index (χ1) is 9.42. The van der Waals surface area contributed by atoms with Gasteiger partial charge in [-0.2, -0.15) is 0 Å². The van der Waals surface area contributed by atoms with Crippen molar-refractivity contribution in [2.45, 2.75) is 12.5 Å². The molecule has 0 aliphatic heterocycles. The third kappa shape index (κ3) is 4.84. The molecule has 20 heavy (non-hydrogen) atoms. The number of nitrogens with one attached hydrogen (secondary N) is 2. The summed E-state index contributed by atoms with van der Waals surface area (Å²) < 4.78 is 4.96. The van der Waals surface area contributed by atoms with Crippen LogP contribution < -0.4 is 21.1 Å². The number of ether oxygens (including phenoxy) is 1. The van der Waals surface area contributed by atoms with Gasteiger partial charge in [0.2, 0.25) is 5.91 Å². The Morgan fingerprint density at radius 1 is 1.30 bits per heavy atom. The Kier molecular flexibility index (Phi) is 5.33. The van der Waals surface area contributed by atoms with E-state index in [0.717, 1.165) is 0 Å². The van der Waals surface area contributed by atoms with E-state index in [9.17, 15) is 14.4 Å². The maximum atomic E-state index is 11.6. The minimum atomic E-state index is -1.37. The van der Waals surface area contributed by atoms with Crippen LogP contribution in [0.5, 0.6) is 5.75 Å². The van der Waals surface area contributed by atoms with Gasteiger partial charge < -0.3 is 26.2 Å². The molecule has 5 N–H and O–H groups in total. The number of carboxylic acid groups (broad SMARTS) is 1. The van der Waals surface area contributed by atoms with E-state index in [1.807, 2.05) is 0 Å². The summed E-state index contributed by atoms with van der Waals surface area (Å²) in [5.74, 6) is -1.54. The molecule has 0 aliphatic carbocycles. The standard InChI is InChI=1S/C12H15N3O5/c1-20-8-4-2-7(3-5-8)14-12(19)15-9(11(17)18)6-10(13)16/h2-5,9H,6H2,1H3,(H2,13,16)(H,17,18)(H2,14,15,19)/t9-/m1/s1. The van der Waals surface area contributed by atoms with Crippen molar-refractivity contribution in [3.63, 3.8) is 0 Å². The van der Waals surface area contributed by atoms with Gasteiger partial charge in [0, 0.05) is 5.69 Å². The lowest BCUT2D eigenvalue weighted by Crippen LogP contribution is -2.45. The number of carbonyl (C=O) groups is 3. The van der Waals surface area contributed by atoms with Crippen LogP contribution in [0.25, 0.3) is 0 Å². The zero-order valence-electron chi connectivity index (χ0n) is 10.8. The second-order valence-electron chi connectivity index (χ2n) is 3.89. The fourth-order valence-electron chi connectivity index (χ4n) is 1.40. The summed E-state index contributed by atoms with van der Waals surface area (Å²) in [4.78, 5) is 33.1. The van der Waals surface area contributed by atoms with Crippen molar-refractivity contribution in [3.05, 3.63) is 24.3 Å². The number of urea groups is 1. The molecule has 1 atom stereocenters. The summed E-state index contributed by atoms with van der Waals surface area (Å²) in [5, 5.41) is 13.4. The van der Waals surface area contributed by atoms with E-state index in [2.05, 4.69) is 10.6 Å². The lowest BCUT2D eigenvalue weighted by Gasteiger charge is -2.13. The van der Waals surface area contributed by atoms with Gasteiger partial charge in [0.05, 0.1) is 13.5 Å². The largest absolute Gasteiger partial charge is 0.497 e. The first kappa shape index (κ1) is 15.3. The molecule has 8 heteroatoms. The quantitative estimate of drug-likeness (QED) is 0.589. The third-order valence-electron chi connectivity index (χ3n) is 2.36. The number of rotatable bonds is 6. The van der Waals surface area contributed by atoms with Gasteiger partial charge in [0.25, 0.3) is 0 Å². The molecule has 0 spiro atoms. The molecule has 0 radical (unpaired) electrons. The number of hydrogen-bond donors (Lipinski definition) is 4. The highest BCUT2D eigenvalue weighted by molar-refractivity contribution is 5.93. The molecule has 3 amide bonds. The van der Waals surface area contributed by atoms with E-state index in [4.69, 9.17) is 15.6 Å². The van der Waals surface area contributed by atoms with Crippen LogP contribution in [-0.4, -0.2) is 36.2 Å². The highest BCUT2D eigenvalue weighted by Crippen LogP contribution is 2.14. The zero-order chi connectivity index (χ0) is 15.1. The van der Waals surface area contributed by atoms with Crippen LogP contribution in [0.3, 0.4) is 0 Å². The Hall–Kier alpha value is -2.77. The molecular weight excluding hydrogens is 266 g/mol. The first-order valence-corrected chi connectivity index (χ1v) is 5.65. The molecule has 0 aromatic heterocycles. The van der Waals surface area contributed by atoms with Crippen LogP contribution in [-0.2, 0) is 9.59 Å². The first-order valence-electron chi connectivity index (χ1n) is 5.65. The fraction of sp³-hybridized carbons (Fsp3) is 0.250. The number of carbonyl (C=O) groups excluding carboxylic acids is 2. The van der Waals surface area contributed by atoms with E-state index < -0.39 is 30.4 Å². The van der Waals surface area contributed by atoms with Crippen LogP contribution in [0.4, 0.5) is 10.5 Å². The third-order valence-corrected chi connectivity index (χ3v) is 2.36. The predicted octanol–water partition coefficient (Wildman–Crippen LogP) is 0.145. The summed E-state index contributed by atoms with van der Waals surface area (Å²) in [5.41, 5.74) is 5.35. The number of nitrogens with two attached hydrogens (primary N) is 1. The van der Waals surface area contributed by atoms with Crippen molar-refractivity contribution >= 4 is 23.6 Å². The van der Waals surface area contributed by atoms with Crippen LogP contribution in [0.1, 0.15) is 6.42 Å². The number of primary amides is 1. The topological polar surface area (TPSA) is 131 Å². The van der Waals surface area contributed by atoms with Crippen LogP contribution in [0.15, 0.2) is 24.3 Å². The molecule has 108 valence electrons. The number of hydrogen-bond acceptors (Lipinski definition) is 4. The highest BCUT2D eigenvalue weighted by Gasteiger charge is 2.22. The van der Waals surface area contributed by atoms with Gasteiger partial charge in [-0.3, -0.25) is 4.79 Å². The van der Waals surface area contributed by atoms with Crippen LogP contribution >= 0.6 is 0 Å². The Morgan fingerprint density at radius 2 is 1.90 bits per heavy atom. The second-order valence-corrected chi connectivity index (χ2v) is 3.89. The smallest absolute Gasteiger partial charge is 0.326 e. The number of aliphatic carboxylic acids is 1. The molecule has 1 rings (SSSR count). The molecule has 0 bridgehead atoms. The summed E-state index contributed by atoms with van der Waals surface area (Å²) in [6.07, 6.45) is -0.481. The number of carboxylic acids is 1. The lowest BCUT2D eigenvalue weighted by molar-refractivity contribution is -0.140. The van der Waals surface area contributed by atoms with E-state index in [-0.39, 0.29) is 0 Å². The van der Waals surface area contributed by atoms with E-state index in [1.54, 1.807) is 24.3 Å². The number of methoxy groups -OCH3 is 1. The molecule has 0 unspecified atom stereocenters. The average molecular weight is 281 g/mol. The normalized spacial score (nSPS) is 11.2. The molecule has 0 heterocycles. The summed E-state index contributed by atoms with van der Waals surface area (Å²) in [6, 6.07) is 4.32. The second kappa shape index (κ2) is 6.98. The van der Waals surface area contributed by atoms with Gasteiger partial charge in [0.1, 0.15) is 11.8 Å². The molecule has 0 saturated heterocycles. The van der Waals surface area contributed by atoms with Gasteiger partial charge >= 0.3 is 12.0 Å². The molecule has 0 aliphatic rings. The van der Waals surface area contributed by atoms with Crippen molar-refractivity contribution in [1.82, 2.24) is 5.32 Å². The van der Waals surface area contributed by atoms with Crippen molar-refractivity contribution in [3.8, 4) is 5.75 Å². The number of anilines is 1. The molecular formula is C12H15N3O5. The molecule has 0 fully saturated rings.